The van der Waals surface area contributed by atoms with E-state index in [2.05, 4.69) is 15.5 Å². The summed E-state index contributed by atoms with van der Waals surface area (Å²) in [5.41, 5.74) is 2.94. The second-order valence-corrected chi connectivity index (χ2v) is 7.32. The van der Waals surface area contributed by atoms with E-state index < -0.39 is 0 Å². The molecule has 1 unspecified atom stereocenters. The third kappa shape index (κ3) is 4.89. The van der Waals surface area contributed by atoms with Gasteiger partial charge < -0.3 is 14.5 Å². The minimum absolute atomic E-state index is 0.110. The highest BCUT2D eigenvalue weighted by molar-refractivity contribution is 8.00. The van der Waals surface area contributed by atoms with E-state index in [1.165, 1.54) is 11.8 Å². The van der Waals surface area contributed by atoms with Gasteiger partial charge in [0.1, 0.15) is 5.75 Å². The molecule has 7 heteroatoms. The number of aromatic nitrogens is 2. The third-order valence-electron chi connectivity index (χ3n) is 4.00. The normalized spacial score (nSPS) is 11.8. The number of hydrogen-bond donors (Lipinski definition) is 1. The van der Waals surface area contributed by atoms with E-state index in [1.807, 2.05) is 55.5 Å². The number of carbonyl (C=O) groups is 1. The van der Waals surface area contributed by atoms with Crippen molar-refractivity contribution >= 4 is 17.7 Å². The van der Waals surface area contributed by atoms with E-state index >= 15 is 0 Å². The van der Waals surface area contributed by atoms with Gasteiger partial charge in [-0.15, -0.1) is 10.2 Å². The lowest BCUT2D eigenvalue weighted by Crippen LogP contribution is -2.30. The predicted molar refractivity (Wildman–Crippen MR) is 105 cm³/mol. The lowest BCUT2D eigenvalue weighted by atomic mass is 10.1. The molecule has 1 N–H and O–H groups in total. The maximum atomic E-state index is 12.4. The highest BCUT2D eigenvalue weighted by atomic mass is 32.2. The van der Waals surface area contributed by atoms with E-state index in [0.29, 0.717) is 17.7 Å². The Morgan fingerprint density at radius 3 is 2.67 bits per heavy atom. The van der Waals surface area contributed by atoms with Gasteiger partial charge in [0.15, 0.2) is 0 Å². The molecular formula is C20H21N3O3S. The third-order valence-corrected chi connectivity index (χ3v) is 4.93. The quantitative estimate of drug-likeness (QED) is 0.625. The van der Waals surface area contributed by atoms with Gasteiger partial charge in [-0.1, -0.05) is 47.7 Å². The lowest BCUT2D eigenvalue weighted by Gasteiger charge is -2.12. The number of methoxy groups -OCH3 is 1. The standard InChI is InChI=1S/C20H21N3O3S/c1-13-8-10-15(11-9-13)19-22-23-20(26-19)27-14(2)18(24)21-12-16-6-4-5-7-17(16)25-3/h4-11,14H,12H2,1-3H3,(H,21,24). The molecule has 0 aliphatic carbocycles. The molecule has 6 nitrogen and oxygen atoms in total. The van der Waals surface area contributed by atoms with Crippen molar-refractivity contribution in [3.63, 3.8) is 0 Å². The zero-order chi connectivity index (χ0) is 19.2. The van der Waals surface area contributed by atoms with Crippen LogP contribution in [-0.2, 0) is 11.3 Å². The molecule has 0 radical (unpaired) electrons. The molecule has 0 spiro atoms. The van der Waals surface area contributed by atoms with Crippen LogP contribution in [-0.4, -0.2) is 28.5 Å². The molecule has 0 aliphatic heterocycles. The summed E-state index contributed by atoms with van der Waals surface area (Å²) in [6.07, 6.45) is 0. The first-order chi connectivity index (χ1) is 13.1. The van der Waals surface area contributed by atoms with Gasteiger partial charge in [-0.05, 0) is 32.0 Å². The van der Waals surface area contributed by atoms with Crippen LogP contribution < -0.4 is 10.1 Å². The van der Waals surface area contributed by atoms with Crippen LogP contribution in [0, 0.1) is 6.92 Å². The number of carbonyl (C=O) groups excluding carboxylic acids is 1. The van der Waals surface area contributed by atoms with Crippen LogP contribution in [0.25, 0.3) is 11.5 Å². The Morgan fingerprint density at radius 2 is 1.93 bits per heavy atom. The summed E-state index contributed by atoms with van der Waals surface area (Å²) in [6.45, 7) is 4.22. The number of aryl methyl sites for hydroxylation is 1. The Labute approximate surface area is 162 Å². The van der Waals surface area contributed by atoms with Crippen LogP contribution in [0.15, 0.2) is 58.2 Å². The second kappa shape index (κ2) is 8.73. The summed E-state index contributed by atoms with van der Waals surface area (Å²) in [5, 5.41) is 11.0. The fourth-order valence-corrected chi connectivity index (χ4v) is 3.16. The maximum absolute atomic E-state index is 12.4. The van der Waals surface area contributed by atoms with Gasteiger partial charge in [-0.3, -0.25) is 4.79 Å². The van der Waals surface area contributed by atoms with Gasteiger partial charge in [0.25, 0.3) is 5.22 Å². The van der Waals surface area contributed by atoms with Crippen LogP contribution in [0.1, 0.15) is 18.1 Å². The number of amides is 1. The SMILES string of the molecule is COc1ccccc1CNC(=O)C(C)Sc1nnc(-c2ccc(C)cc2)o1. The van der Waals surface area contributed by atoms with Crippen LogP contribution in [0.4, 0.5) is 0 Å². The fraction of sp³-hybridized carbons (Fsp3) is 0.250. The molecule has 0 saturated carbocycles. The number of nitrogens with zero attached hydrogens (tertiary/aromatic N) is 2. The molecule has 140 valence electrons. The zero-order valence-electron chi connectivity index (χ0n) is 15.4. The Morgan fingerprint density at radius 1 is 1.19 bits per heavy atom. The van der Waals surface area contributed by atoms with Crippen LogP contribution in [0.3, 0.4) is 0 Å². The lowest BCUT2D eigenvalue weighted by molar-refractivity contribution is -0.120. The molecular weight excluding hydrogens is 362 g/mol. The van der Waals surface area contributed by atoms with Gasteiger partial charge in [0, 0.05) is 17.7 Å². The van der Waals surface area contributed by atoms with Crippen molar-refractivity contribution in [2.75, 3.05) is 7.11 Å². The summed E-state index contributed by atoms with van der Waals surface area (Å²) in [6, 6.07) is 15.4. The summed E-state index contributed by atoms with van der Waals surface area (Å²) in [7, 11) is 1.61. The number of nitrogens with one attached hydrogen (secondary N) is 1. The minimum atomic E-state index is -0.369. The second-order valence-electron chi connectivity index (χ2n) is 6.03. The van der Waals surface area contributed by atoms with E-state index in [4.69, 9.17) is 9.15 Å². The Balaban J connectivity index is 1.57. The van der Waals surface area contributed by atoms with Gasteiger partial charge in [0.2, 0.25) is 11.8 Å². The van der Waals surface area contributed by atoms with Crippen molar-refractivity contribution < 1.29 is 13.9 Å². The summed E-state index contributed by atoms with van der Waals surface area (Å²) >= 11 is 1.23. The van der Waals surface area contributed by atoms with E-state index in [-0.39, 0.29) is 11.2 Å². The number of benzene rings is 2. The predicted octanol–water partition coefficient (Wildman–Crippen LogP) is 3.85. The number of hydrogen-bond acceptors (Lipinski definition) is 6. The van der Waals surface area contributed by atoms with Crippen molar-refractivity contribution in [3.05, 3.63) is 59.7 Å². The largest absolute Gasteiger partial charge is 0.496 e. The maximum Gasteiger partial charge on any atom is 0.277 e. The molecule has 1 amide bonds. The Hall–Kier alpha value is -2.80. The molecule has 27 heavy (non-hydrogen) atoms. The topological polar surface area (TPSA) is 77.2 Å². The molecule has 1 atom stereocenters. The number of thioether (sulfide) groups is 1. The highest BCUT2D eigenvalue weighted by Gasteiger charge is 2.19. The monoisotopic (exact) mass is 383 g/mol. The van der Waals surface area contributed by atoms with Gasteiger partial charge in [-0.2, -0.15) is 0 Å². The van der Waals surface area contributed by atoms with Crippen LogP contribution >= 0.6 is 11.8 Å². The summed E-state index contributed by atoms with van der Waals surface area (Å²) in [5.74, 6) is 1.08. The highest BCUT2D eigenvalue weighted by Crippen LogP contribution is 2.26. The van der Waals surface area contributed by atoms with Crippen LogP contribution in [0.5, 0.6) is 5.75 Å². The molecule has 2 aromatic carbocycles. The van der Waals surface area contributed by atoms with Crippen molar-refractivity contribution in [3.8, 4) is 17.2 Å². The van der Waals surface area contributed by atoms with Crippen molar-refractivity contribution in [1.29, 1.82) is 0 Å². The average Bonchev–Trinajstić information content (AvgIpc) is 3.15. The smallest absolute Gasteiger partial charge is 0.277 e. The minimum Gasteiger partial charge on any atom is -0.496 e. The van der Waals surface area contributed by atoms with Gasteiger partial charge >= 0.3 is 0 Å². The molecule has 1 aromatic heterocycles. The average molecular weight is 383 g/mol. The van der Waals surface area contributed by atoms with E-state index in [1.54, 1.807) is 14.0 Å². The Kier molecular flexibility index (Phi) is 6.13. The Bertz CT molecular complexity index is 909. The molecule has 3 rings (SSSR count). The molecule has 0 bridgehead atoms. The first kappa shape index (κ1) is 19.0. The summed E-state index contributed by atoms with van der Waals surface area (Å²) < 4.78 is 11.0. The molecule has 3 aromatic rings. The number of ether oxygens (including phenoxy) is 1. The number of para-hydroxylation sites is 1. The summed E-state index contributed by atoms with van der Waals surface area (Å²) in [4.78, 5) is 12.4. The zero-order valence-corrected chi connectivity index (χ0v) is 16.2. The molecule has 1 heterocycles. The molecule has 0 aliphatic rings. The van der Waals surface area contributed by atoms with Gasteiger partial charge in [-0.25, -0.2) is 0 Å². The number of rotatable bonds is 7. The van der Waals surface area contributed by atoms with Crippen molar-refractivity contribution in [1.82, 2.24) is 15.5 Å². The van der Waals surface area contributed by atoms with Gasteiger partial charge in [0.05, 0.1) is 12.4 Å². The molecule has 0 saturated heterocycles. The van der Waals surface area contributed by atoms with E-state index in [0.717, 1.165) is 22.4 Å². The fourth-order valence-electron chi connectivity index (χ4n) is 2.45. The van der Waals surface area contributed by atoms with Crippen LogP contribution in [0.2, 0.25) is 0 Å². The van der Waals surface area contributed by atoms with Crippen molar-refractivity contribution in [2.45, 2.75) is 30.9 Å². The van der Waals surface area contributed by atoms with Crippen molar-refractivity contribution in [2.24, 2.45) is 0 Å². The van der Waals surface area contributed by atoms with E-state index in [9.17, 15) is 4.79 Å². The first-order valence-electron chi connectivity index (χ1n) is 8.53. The molecule has 0 fully saturated rings. The first-order valence-corrected chi connectivity index (χ1v) is 9.41.